The Morgan fingerprint density at radius 3 is 2.88 bits per heavy atom. The summed E-state index contributed by atoms with van der Waals surface area (Å²) < 4.78 is 49.2. The molecule has 0 spiro atoms. The van der Waals surface area contributed by atoms with Gasteiger partial charge < -0.3 is 18.9 Å². The second kappa shape index (κ2) is 12.1. The molecule has 0 saturated carbocycles. The van der Waals surface area contributed by atoms with Gasteiger partial charge in [0, 0.05) is 18.3 Å². The highest BCUT2D eigenvalue weighted by atomic mass is 32.2. The lowest BCUT2D eigenvalue weighted by molar-refractivity contribution is 0.116. The number of ether oxygens (including phenoxy) is 4. The van der Waals surface area contributed by atoms with Crippen LogP contribution in [0.25, 0.3) is 11.0 Å². The lowest BCUT2D eigenvalue weighted by Crippen LogP contribution is -2.35. The summed E-state index contributed by atoms with van der Waals surface area (Å²) in [4.78, 5) is 23.0. The van der Waals surface area contributed by atoms with Crippen LogP contribution in [-0.4, -0.2) is 61.4 Å². The maximum atomic E-state index is 12.7. The zero-order chi connectivity index (χ0) is 28.1. The van der Waals surface area contributed by atoms with E-state index in [-0.39, 0.29) is 18.5 Å². The number of sulfonamides is 1. The highest BCUT2D eigenvalue weighted by molar-refractivity contribution is 7.88. The average molecular weight is 569 g/mol. The second-order valence-corrected chi connectivity index (χ2v) is 11.6. The van der Waals surface area contributed by atoms with Gasteiger partial charge in [-0.25, -0.2) is 27.8 Å². The number of hydrogen-bond donors (Lipinski definition) is 1. The van der Waals surface area contributed by atoms with Crippen molar-refractivity contribution in [2.75, 3.05) is 19.9 Å². The zero-order valence-corrected chi connectivity index (χ0v) is 23.2. The summed E-state index contributed by atoms with van der Waals surface area (Å²) in [6, 6.07) is 5.10. The Morgan fingerprint density at radius 2 is 2.10 bits per heavy atom. The minimum absolute atomic E-state index is 0.263. The Morgan fingerprint density at radius 1 is 1.23 bits per heavy atom. The number of nitrogens with one attached hydrogen (secondary N) is 1. The number of cyclic esters (lactones) is 1. The van der Waals surface area contributed by atoms with Gasteiger partial charge in [0.15, 0.2) is 12.0 Å². The molecule has 12 heteroatoms. The zero-order valence-electron chi connectivity index (χ0n) is 22.4. The van der Waals surface area contributed by atoms with Gasteiger partial charge >= 0.3 is 6.09 Å². The van der Waals surface area contributed by atoms with Crippen molar-refractivity contribution in [2.45, 2.75) is 50.7 Å². The molecule has 2 aliphatic heterocycles. The monoisotopic (exact) mass is 568 g/mol. The van der Waals surface area contributed by atoms with Crippen molar-refractivity contribution < 1.29 is 32.2 Å². The molecule has 1 unspecified atom stereocenters. The first-order chi connectivity index (χ1) is 19.3. The van der Waals surface area contributed by atoms with Crippen LogP contribution < -0.4 is 9.46 Å². The van der Waals surface area contributed by atoms with E-state index in [1.165, 1.54) is 17.4 Å². The number of fused-ring (bicyclic) bond motifs is 1. The number of rotatable bonds is 11. The number of nitrogens with zero attached hydrogens (tertiary/aromatic N) is 3. The third kappa shape index (κ3) is 6.80. The Hall–Kier alpha value is -3.90. The van der Waals surface area contributed by atoms with E-state index in [0.29, 0.717) is 37.3 Å². The third-order valence-corrected chi connectivity index (χ3v) is 7.62. The molecule has 4 heterocycles. The first-order valence-corrected chi connectivity index (χ1v) is 15.0. The fourth-order valence-electron chi connectivity index (χ4n) is 4.89. The van der Waals surface area contributed by atoms with Crippen LogP contribution in [0.4, 0.5) is 4.79 Å². The van der Waals surface area contributed by atoms with Gasteiger partial charge in [0.2, 0.25) is 21.8 Å². The number of hydrogen-bond acceptors (Lipinski definition) is 9. The van der Waals surface area contributed by atoms with Crippen LogP contribution in [0.1, 0.15) is 37.7 Å². The van der Waals surface area contributed by atoms with Crippen molar-refractivity contribution in [3.05, 3.63) is 77.9 Å². The molecule has 1 N–H and O–H groups in total. The molecule has 11 nitrogen and oxygen atoms in total. The van der Waals surface area contributed by atoms with E-state index in [9.17, 15) is 13.2 Å². The van der Waals surface area contributed by atoms with Gasteiger partial charge in [-0.1, -0.05) is 18.2 Å². The Bertz CT molecular complexity index is 1500. The van der Waals surface area contributed by atoms with Crippen LogP contribution in [0.2, 0.25) is 0 Å². The molecule has 212 valence electrons. The quantitative estimate of drug-likeness (QED) is 0.427. The standard InChI is InChI=1S/C28H32N4O7S/c1-36-25-13-12-23-27(30-25)20(14-15-29-23)8-9-21(31-40(2,34)35)10-11-22-16-32(28(33)38-22)26-18-37-17-24(39-26)19-6-4-3-5-7-19/h3-4,6,12-15,17-18,21-22,31H,5,7-11,16H2,1-2H3/t21-,22?/m0/s1. The van der Waals surface area contributed by atoms with Crippen molar-refractivity contribution in [3.8, 4) is 5.88 Å². The first-order valence-electron chi connectivity index (χ1n) is 13.1. The molecule has 1 aliphatic carbocycles. The molecule has 40 heavy (non-hydrogen) atoms. The largest absolute Gasteiger partial charge is 0.481 e. The van der Waals surface area contributed by atoms with Gasteiger partial charge in [0.1, 0.15) is 12.4 Å². The number of aryl methyl sites for hydroxylation is 1. The van der Waals surface area contributed by atoms with E-state index in [1.54, 1.807) is 19.4 Å². The lowest BCUT2D eigenvalue weighted by Gasteiger charge is -2.23. The number of carbonyl (C=O) groups excluding carboxylic acids is 1. The predicted molar refractivity (Wildman–Crippen MR) is 147 cm³/mol. The van der Waals surface area contributed by atoms with Crippen LogP contribution >= 0.6 is 0 Å². The normalized spacial score (nSPS) is 19.8. The smallest absolute Gasteiger partial charge is 0.417 e. The minimum Gasteiger partial charge on any atom is -0.481 e. The molecule has 1 fully saturated rings. The van der Waals surface area contributed by atoms with E-state index in [4.69, 9.17) is 18.9 Å². The molecular formula is C28H32N4O7S. The van der Waals surface area contributed by atoms with Gasteiger partial charge in [-0.05, 0) is 61.8 Å². The average Bonchev–Trinajstić information content (AvgIpc) is 3.34. The van der Waals surface area contributed by atoms with Crippen molar-refractivity contribution in [1.82, 2.24) is 19.6 Å². The summed E-state index contributed by atoms with van der Waals surface area (Å²) in [6.07, 6.45) is 14.5. The summed E-state index contributed by atoms with van der Waals surface area (Å²) >= 11 is 0. The number of carbonyl (C=O) groups is 1. The summed E-state index contributed by atoms with van der Waals surface area (Å²) in [7, 11) is -1.91. The van der Waals surface area contributed by atoms with Crippen molar-refractivity contribution in [3.63, 3.8) is 0 Å². The molecule has 0 radical (unpaired) electrons. The van der Waals surface area contributed by atoms with Crippen molar-refractivity contribution in [2.24, 2.45) is 0 Å². The van der Waals surface area contributed by atoms with Crippen LogP contribution in [0.3, 0.4) is 0 Å². The number of amides is 1. The molecule has 2 aromatic rings. The molecule has 1 amide bonds. The molecule has 0 aromatic carbocycles. The number of pyridine rings is 2. The summed E-state index contributed by atoms with van der Waals surface area (Å²) in [5.74, 6) is 1.31. The van der Waals surface area contributed by atoms with Crippen LogP contribution in [0.15, 0.2) is 72.4 Å². The topological polar surface area (TPSA) is 129 Å². The van der Waals surface area contributed by atoms with E-state index < -0.39 is 22.2 Å². The van der Waals surface area contributed by atoms with E-state index >= 15 is 0 Å². The Kier molecular flexibility index (Phi) is 8.36. The molecule has 1 saturated heterocycles. The van der Waals surface area contributed by atoms with Crippen molar-refractivity contribution >= 4 is 27.1 Å². The maximum absolute atomic E-state index is 12.7. The fourth-order valence-corrected chi connectivity index (χ4v) is 5.73. The summed E-state index contributed by atoms with van der Waals surface area (Å²) in [6.45, 7) is 0.268. The molecule has 5 rings (SSSR count). The van der Waals surface area contributed by atoms with E-state index in [1.807, 2.05) is 24.3 Å². The summed E-state index contributed by atoms with van der Waals surface area (Å²) in [5, 5.41) is 0. The number of methoxy groups -OCH3 is 1. The minimum atomic E-state index is -3.46. The Labute approximate surface area is 233 Å². The van der Waals surface area contributed by atoms with Crippen LogP contribution in [0.5, 0.6) is 5.88 Å². The molecule has 2 atom stereocenters. The molecule has 2 aromatic heterocycles. The fraction of sp³-hybridized carbons (Fsp3) is 0.393. The predicted octanol–water partition coefficient (Wildman–Crippen LogP) is 4.05. The van der Waals surface area contributed by atoms with Gasteiger partial charge in [0.25, 0.3) is 0 Å². The first kappa shape index (κ1) is 27.7. The van der Waals surface area contributed by atoms with Crippen molar-refractivity contribution in [1.29, 1.82) is 0 Å². The molecule has 0 bridgehead atoms. The highest BCUT2D eigenvalue weighted by Gasteiger charge is 2.36. The van der Waals surface area contributed by atoms with Crippen LogP contribution in [-0.2, 0) is 30.7 Å². The summed E-state index contributed by atoms with van der Waals surface area (Å²) in [5.41, 5.74) is 3.39. The highest BCUT2D eigenvalue weighted by Crippen LogP contribution is 2.30. The van der Waals surface area contributed by atoms with Gasteiger partial charge in [-0.2, -0.15) is 0 Å². The Balaban J connectivity index is 1.20. The van der Waals surface area contributed by atoms with E-state index in [2.05, 4.69) is 20.8 Å². The maximum Gasteiger partial charge on any atom is 0.417 e. The number of aromatic nitrogens is 2. The molecular weight excluding hydrogens is 536 g/mol. The van der Waals surface area contributed by atoms with E-state index in [0.717, 1.165) is 41.3 Å². The van der Waals surface area contributed by atoms with Gasteiger partial charge in [-0.3, -0.25) is 4.98 Å². The second-order valence-electron chi connectivity index (χ2n) is 9.85. The number of allylic oxidation sites excluding steroid dienone is 4. The SMILES string of the molecule is COc1ccc2nccc(CC[C@@H](CCC3CN(C4=COC=C(C5=CC=CCC5)O4)C(=O)O3)NS(C)(=O)=O)c2n1. The van der Waals surface area contributed by atoms with Gasteiger partial charge in [-0.15, -0.1) is 0 Å². The molecule has 3 aliphatic rings. The third-order valence-electron chi connectivity index (χ3n) is 6.86. The van der Waals surface area contributed by atoms with Gasteiger partial charge in [0.05, 0.1) is 30.9 Å². The van der Waals surface area contributed by atoms with Crippen LogP contribution in [0, 0.1) is 0 Å². The lowest BCUT2D eigenvalue weighted by atomic mass is 10.0.